The van der Waals surface area contributed by atoms with E-state index in [0.717, 1.165) is 50.2 Å². The molecule has 1 aliphatic rings. The number of anilines is 2. The Balaban J connectivity index is 1.55. The monoisotopic (exact) mass is 393 g/mol. The van der Waals surface area contributed by atoms with E-state index in [4.69, 9.17) is 0 Å². The second-order valence-electron chi connectivity index (χ2n) is 6.86. The second kappa shape index (κ2) is 8.62. The lowest BCUT2D eigenvalue weighted by Crippen LogP contribution is -2.35. The summed E-state index contributed by atoms with van der Waals surface area (Å²) in [5, 5.41) is 14.8. The molecule has 2 amide bonds. The molecule has 0 radical (unpaired) electrons. The van der Waals surface area contributed by atoms with E-state index in [0.29, 0.717) is 5.69 Å². The minimum absolute atomic E-state index is 0.224. The number of likely N-dealkylation sites (tertiary alicyclic amines) is 1. The third kappa shape index (κ3) is 5.71. The average Bonchev–Trinajstić information content (AvgIpc) is 2.63. The van der Waals surface area contributed by atoms with Gasteiger partial charge in [0.1, 0.15) is 0 Å². The molecular formula is C20H22F3N3O2. The average molecular weight is 393 g/mol. The van der Waals surface area contributed by atoms with Crippen LogP contribution in [-0.2, 0) is 12.7 Å². The Labute approximate surface area is 161 Å². The van der Waals surface area contributed by atoms with E-state index < -0.39 is 17.8 Å². The number of carbonyl (C=O) groups is 1. The van der Waals surface area contributed by atoms with Gasteiger partial charge in [0.25, 0.3) is 0 Å². The molecule has 3 N–H and O–H groups in total. The minimum atomic E-state index is -4.41. The zero-order valence-electron chi connectivity index (χ0n) is 15.2. The molecule has 0 spiro atoms. The lowest BCUT2D eigenvalue weighted by Gasteiger charge is -2.29. The van der Waals surface area contributed by atoms with E-state index in [9.17, 15) is 23.1 Å². The number of nitrogens with zero attached hydrogens (tertiary/aromatic N) is 1. The van der Waals surface area contributed by atoms with Crippen molar-refractivity contribution in [3.05, 3.63) is 59.7 Å². The summed E-state index contributed by atoms with van der Waals surface area (Å²) < 4.78 is 37.7. The molecule has 1 aliphatic heterocycles. The first-order valence-electron chi connectivity index (χ1n) is 9.04. The highest BCUT2D eigenvalue weighted by Crippen LogP contribution is 2.29. The second-order valence-corrected chi connectivity index (χ2v) is 6.86. The van der Waals surface area contributed by atoms with Gasteiger partial charge in [-0.2, -0.15) is 13.2 Å². The molecule has 0 aliphatic carbocycles. The van der Waals surface area contributed by atoms with Crippen LogP contribution in [0.5, 0.6) is 0 Å². The molecule has 1 saturated heterocycles. The zero-order chi connectivity index (χ0) is 20.1. The zero-order valence-corrected chi connectivity index (χ0v) is 15.2. The van der Waals surface area contributed by atoms with Gasteiger partial charge in [-0.25, -0.2) is 4.79 Å². The van der Waals surface area contributed by atoms with Gasteiger partial charge >= 0.3 is 12.2 Å². The number of hydrogen-bond donors (Lipinski definition) is 3. The third-order valence-corrected chi connectivity index (χ3v) is 4.62. The molecule has 8 heteroatoms. The van der Waals surface area contributed by atoms with Crippen molar-refractivity contribution in [2.75, 3.05) is 23.7 Å². The largest absolute Gasteiger partial charge is 0.416 e. The number of amides is 2. The van der Waals surface area contributed by atoms with E-state index in [1.165, 1.54) is 12.1 Å². The highest BCUT2D eigenvalue weighted by atomic mass is 19.4. The van der Waals surface area contributed by atoms with Crippen molar-refractivity contribution in [3.8, 4) is 0 Å². The van der Waals surface area contributed by atoms with Crippen molar-refractivity contribution in [1.29, 1.82) is 0 Å². The number of rotatable bonds is 4. The predicted octanol–water partition coefficient (Wildman–Crippen LogP) is 4.31. The summed E-state index contributed by atoms with van der Waals surface area (Å²) in [7, 11) is 0. The number of nitrogens with one attached hydrogen (secondary N) is 2. The highest BCUT2D eigenvalue weighted by Gasteiger charge is 2.30. The first-order chi connectivity index (χ1) is 13.3. The SMILES string of the molecule is O=C(Nc1ccc(C(F)(F)F)cc1)Nc1cccc(CN2CCC(O)CC2)c1. The maximum atomic E-state index is 12.6. The number of piperidine rings is 1. The Morgan fingerprint density at radius 1 is 1.04 bits per heavy atom. The topological polar surface area (TPSA) is 64.6 Å². The summed E-state index contributed by atoms with van der Waals surface area (Å²) in [6.45, 7) is 2.38. The lowest BCUT2D eigenvalue weighted by molar-refractivity contribution is -0.137. The molecule has 2 aromatic carbocycles. The van der Waals surface area contributed by atoms with Crippen LogP contribution in [0, 0.1) is 0 Å². The molecule has 0 bridgehead atoms. The Bertz CT molecular complexity index is 801. The van der Waals surface area contributed by atoms with E-state index in [2.05, 4.69) is 15.5 Å². The highest BCUT2D eigenvalue weighted by molar-refractivity contribution is 5.99. The minimum Gasteiger partial charge on any atom is -0.393 e. The molecule has 2 aromatic rings. The fourth-order valence-corrected chi connectivity index (χ4v) is 3.12. The lowest BCUT2D eigenvalue weighted by atomic mass is 10.1. The van der Waals surface area contributed by atoms with Crippen LogP contribution in [0.25, 0.3) is 0 Å². The van der Waals surface area contributed by atoms with Crippen molar-refractivity contribution >= 4 is 17.4 Å². The third-order valence-electron chi connectivity index (χ3n) is 4.62. The smallest absolute Gasteiger partial charge is 0.393 e. The summed E-state index contributed by atoms with van der Waals surface area (Å²) in [6, 6.07) is 11.1. The molecule has 5 nitrogen and oxygen atoms in total. The molecule has 0 atom stereocenters. The number of halogens is 3. The number of carbonyl (C=O) groups excluding carboxylic acids is 1. The van der Waals surface area contributed by atoms with Crippen molar-refractivity contribution in [2.45, 2.75) is 31.7 Å². The first kappa shape index (κ1) is 20.2. The number of urea groups is 1. The van der Waals surface area contributed by atoms with Crippen LogP contribution in [0.15, 0.2) is 48.5 Å². The van der Waals surface area contributed by atoms with Gasteiger partial charge in [0, 0.05) is 31.0 Å². The van der Waals surface area contributed by atoms with E-state index in [1.54, 1.807) is 6.07 Å². The Hall–Kier alpha value is -2.58. The number of aliphatic hydroxyl groups is 1. The van der Waals surface area contributed by atoms with Crippen molar-refractivity contribution in [1.82, 2.24) is 4.90 Å². The van der Waals surface area contributed by atoms with Gasteiger partial charge in [-0.05, 0) is 54.8 Å². The van der Waals surface area contributed by atoms with E-state index in [-0.39, 0.29) is 11.8 Å². The molecule has 28 heavy (non-hydrogen) atoms. The van der Waals surface area contributed by atoms with Crippen LogP contribution in [-0.4, -0.2) is 35.2 Å². The van der Waals surface area contributed by atoms with E-state index >= 15 is 0 Å². The molecule has 0 aromatic heterocycles. The fourth-order valence-electron chi connectivity index (χ4n) is 3.12. The van der Waals surface area contributed by atoms with Crippen molar-refractivity contribution in [3.63, 3.8) is 0 Å². The molecule has 0 unspecified atom stereocenters. The number of hydrogen-bond acceptors (Lipinski definition) is 3. The number of aliphatic hydroxyl groups excluding tert-OH is 1. The number of alkyl halides is 3. The van der Waals surface area contributed by atoms with Gasteiger partial charge in [-0.3, -0.25) is 4.90 Å². The molecule has 1 heterocycles. The normalized spacial score (nSPS) is 16.0. The Kier molecular flexibility index (Phi) is 6.21. The summed E-state index contributed by atoms with van der Waals surface area (Å²) in [6.07, 6.45) is -3.12. The quantitative estimate of drug-likeness (QED) is 0.726. The van der Waals surface area contributed by atoms with Crippen LogP contribution in [0.2, 0.25) is 0 Å². The summed E-state index contributed by atoms with van der Waals surface area (Å²) in [4.78, 5) is 14.4. The molecule has 1 fully saturated rings. The van der Waals surface area contributed by atoms with Crippen LogP contribution in [0.3, 0.4) is 0 Å². The number of benzene rings is 2. The maximum absolute atomic E-state index is 12.6. The summed E-state index contributed by atoms with van der Waals surface area (Å²) in [5.74, 6) is 0. The standard InChI is InChI=1S/C20H22F3N3O2/c21-20(22,23)15-4-6-16(7-5-15)24-19(28)25-17-3-1-2-14(12-17)13-26-10-8-18(27)9-11-26/h1-7,12,18,27H,8-11,13H2,(H2,24,25,28). The van der Waals surface area contributed by atoms with Gasteiger partial charge in [-0.15, -0.1) is 0 Å². The van der Waals surface area contributed by atoms with Crippen LogP contribution >= 0.6 is 0 Å². The molecule has 150 valence electrons. The Morgan fingerprint density at radius 2 is 1.68 bits per heavy atom. The predicted molar refractivity (Wildman–Crippen MR) is 101 cm³/mol. The van der Waals surface area contributed by atoms with Gasteiger partial charge in [0.2, 0.25) is 0 Å². The van der Waals surface area contributed by atoms with Crippen LogP contribution in [0.4, 0.5) is 29.3 Å². The molecule has 3 rings (SSSR count). The van der Waals surface area contributed by atoms with Crippen molar-refractivity contribution in [2.24, 2.45) is 0 Å². The molecule has 0 saturated carbocycles. The summed E-state index contributed by atoms with van der Waals surface area (Å²) >= 11 is 0. The summed E-state index contributed by atoms with van der Waals surface area (Å²) in [5.41, 5.74) is 1.13. The van der Waals surface area contributed by atoms with Crippen LogP contribution in [0.1, 0.15) is 24.0 Å². The van der Waals surface area contributed by atoms with Crippen LogP contribution < -0.4 is 10.6 Å². The van der Waals surface area contributed by atoms with Gasteiger partial charge in [0.05, 0.1) is 11.7 Å². The van der Waals surface area contributed by atoms with Gasteiger partial charge < -0.3 is 15.7 Å². The first-order valence-corrected chi connectivity index (χ1v) is 9.04. The Morgan fingerprint density at radius 3 is 2.32 bits per heavy atom. The van der Waals surface area contributed by atoms with Crippen molar-refractivity contribution < 1.29 is 23.1 Å². The fraction of sp³-hybridized carbons (Fsp3) is 0.350. The van der Waals surface area contributed by atoms with E-state index in [1.807, 2.05) is 18.2 Å². The molecular weight excluding hydrogens is 371 g/mol. The van der Waals surface area contributed by atoms with Gasteiger partial charge in [-0.1, -0.05) is 12.1 Å². The maximum Gasteiger partial charge on any atom is 0.416 e. The van der Waals surface area contributed by atoms with Gasteiger partial charge in [0.15, 0.2) is 0 Å².